The molecule has 0 aliphatic heterocycles. The predicted molar refractivity (Wildman–Crippen MR) is 102 cm³/mol. The number of non-ortho nitro benzene ring substituents is 1. The minimum Gasteiger partial charge on any atom is -0.377 e. The van der Waals surface area contributed by atoms with E-state index in [-0.39, 0.29) is 23.8 Å². The average Bonchev–Trinajstić information content (AvgIpc) is 2.62. The molecule has 2 aromatic carbocycles. The summed E-state index contributed by atoms with van der Waals surface area (Å²) < 4.78 is 4.74. The molecule has 27 heavy (non-hydrogen) atoms. The summed E-state index contributed by atoms with van der Waals surface area (Å²) in [6.07, 6.45) is 0. The Morgan fingerprint density at radius 3 is 2.19 bits per heavy atom. The first-order chi connectivity index (χ1) is 12.8. The van der Waals surface area contributed by atoms with E-state index in [2.05, 4.69) is 10.6 Å². The quantitative estimate of drug-likeness (QED) is 0.570. The molecule has 0 bridgehead atoms. The Morgan fingerprint density at radius 2 is 1.67 bits per heavy atom. The summed E-state index contributed by atoms with van der Waals surface area (Å²) >= 11 is 0. The summed E-state index contributed by atoms with van der Waals surface area (Å²) in [4.78, 5) is 36.3. The molecule has 0 spiro atoms. The van der Waals surface area contributed by atoms with Gasteiger partial charge in [-0.2, -0.15) is 0 Å². The fraction of sp³-hybridized carbons (Fsp3) is 0.222. The molecule has 0 heterocycles. The minimum atomic E-state index is -0.548. The Bertz CT molecular complexity index is 849. The molecule has 9 nitrogen and oxygen atoms in total. The Labute approximate surface area is 156 Å². The van der Waals surface area contributed by atoms with Crippen molar-refractivity contribution in [2.45, 2.75) is 0 Å². The van der Waals surface area contributed by atoms with Gasteiger partial charge in [-0.3, -0.25) is 19.7 Å². The summed E-state index contributed by atoms with van der Waals surface area (Å²) in [7, 11) is 4.92. The molecule has 2 aromatic rings. The van der Waals surface area contributed by atoms with Crippen LogP contribution in [0.5, 0.6) is 0 Å². The van der Waals surface area contributed by atoms with Crippen LogP contribution < -0.4 is 15.5 Å². The smallest absolute Gasteiger partial charge is 0.270 e. The number of amides is 2. The number of ether oxygens (including phenoxy) is 1. The Morgan fingerprint density at radius 1 is 1.07 bits per heavy atom. The second kappa shape index (κ2) is 8.77. The fourth-order valence-electron chi connectivity index (χ4n) is 2.37. The van der Waals surface area contributed by atoms with Crippen LogP contribution in [0, 0.1) is 10.1 Å². The lowest BCUT2D eigenvalue weighted by atomic mass is 10.1. The van der Waals surface area contributed by atoms with Crippen LogP contribution in [-0.4, -0.2) is 44.5 Å². The highest BCUT2D eigenvalue weighted by Gasteiger charge is 2.18. The summed E-state index contributed by atoms with van der Waals surface area (Å²) in [5, 5.41) is 16.3. The Hall–Kier alpha value is -3.46. The first-order valence-corrected chi connectivity index (χ1v) is 7.97. The third-order valence-corrected chi connectivity index (χ3v) is 3.62. The number of hydrogen-bond acceptors (Lipinski definition) is 6. The van der Waals surface area contributed by atoms with Gasteiger partial charge in [-0.1, -0.05) is 0 Å². The van der Waals surface area contributed by atoms with Crippen molar-refractivity contribution >= 4 is 34.6 Å². The lowest BCUT2D eigenvalue weighted by Gasteiger charge is -2.17. The van der Waals surface area contributed by atoms with Crippen LogP contribution in [0.25, 0.3) is 0 Å². The van der Waals surface area contributed by atoms with E-state index >= 15 is 0 Å². The van der Waals surface area contributed by atoms with E-state index in [0.717, 1.165) is 0 Å². The van der Waals surface area contributed by atoms with Crippen molar-refractivity contribution in [1.29, 1.82) is 0 Å². The van der Waals surface area contributed by atoms with Gasteiger partial charge in [-0.15, -0.1) is 0 Å². The third kappa shape index (κ3) is 5.25. The minimum absolute atomic E-state index is 0.0570. The van der Waals surface area contributed by atoms with Gasteiger partial charge in [0.05, 0.1) is 10.5 Å². The van der Waals surface area contributed by atoms with Crippen molar-refractivity contribution in [3.63, 3.8) is 0 Å². The molecule has 0 saturated carbocycles. The molecule has 0 saturated heterocycles. The number of nitrogens with one attached hydrogen (secondary N) is 2. The number of nitro benzene ring substituents is 1. The first-order valence-electron chi connectivity index (χ1n) is 7.97. The molecule has 0 aliphatic carbocycles. The third-order valence-electron chi connectivity index (χ3n) is 3.62. The van der Waals surface area contributed by atoms with Crippen molar-refractivity contribution in [3.8, 4) is 0 Å². The zero-order valence-corrected chi connectivity index (χ0v) is 15.2. The Kier molecular flexibility index (Phi) is 6.45. The van der Waals surface area contributed by atoms with Crippen LogP contribution in [0.4, 0.5) is 22.7 Å². The molecule has 2 N–H and O–H groups in total. The van der Waals surface area contributed by atoms with E-state index in [9.17, 15) is 19.7 Å². The molecule has 2 amide bonds. The maximum Gasteiger partial charge on any atom is 0.270 e. The van der Waals surface area contributed by atoms with Gasteiger partial charge in [0.25, 0.3) is 11.6 Å². The number of carbonyl (C=O) groups is 2. The maximum absolute atomic E-state index is 12.6. The van der Waals surface area contributed by atoms with Gasteiger partial charge >= 0.3 is 0 Å². The fourth-order valence-corrected chi connectivity index (χ4v) is 2.37. The monoisotopic (exact) mass is 372 g/mol. The molecule has 0 aromatic heterocycles. The van der Waals surface area contributed by atoms with Crippen LogP contribution in [0.2, 0.25) is 0 Å². The normalized spacial score (nSPS) is 10.2. The highest BCUT2D eigenvalue weighted by atomic mass is 16.6. The number of methoxy groups -OCH3 is 1. The van der Waals surface area contributed by atoms with E-state index in [4.69, 9.17) is 4.74 Å². The molecule has 0 atom stereocenters. The molecule has 142 valence electrons. The van der Waals surface area contributed by atoms with Crippen molar-refractivity contribution in [2.75, 3.05) is 43.3 Å². The second-order valence-electron chi connectivity index (χ2n) is 5.87. The largest absolute Gasteiger partial charge is 0.377 e. The number of rotatable bonds is 7. The lowest BCUT2D eigenvalue weighted by Crippen LogP contribution is -2.19. The van der Waals surface area contributed by atoms with Crippen molar-refractivity contribution in [2.24, 2.45) is 0 Å². The SMILES string of the molecule is COCC(=O)Nc1ccc(NC(=O)c2cc([N+](=O)[O-])ccc2N(C)C)cc1. The first kappa shape index (κ1) is 19.9. The van der Waals surface area contributed by atoms with Gasteiger partial charge in [0.2, 0.25) is 5.91 Å². The number of anilines is 3. The van der Waals surface area contributed by atoms with Gasteiger partial charge in [-0.25, -0.2) is 0 Å². The molecule has 0 aliphatic rings. The molecule has 9 heteroatoms. The summed E-state index contributed by atoms with van der Waals surface area (Å²) in [6, 6.07) is 10.6. The van der Waals surface area contributed by atoms with Gasteiger partial charge in [-0.05, 0) is 30.3 Å². The number of nitro groups is 1. The predicted octanol–water partition coefficient (Wildman–Crippen LogP) is 2.50. The number of benzene rings is 2. The van der Waals surface area contributed by atoms with Gasteiger partial charge < -0.3 is 20.3 Å². The zero-order valence-electron chi connectivity index (χ0n) is 15.2. The number of hydrogen-bond donors (Lipinski definition) is 2. The topological polar surface area (TPSA) is 114 Å². The van der Waals surface area contributed by atoms with Crippen molar-refractivity contribution < 1.29 is 19.2 Å². The number of carbonyl (C=O) groups excluding carboxylic acids is 2. The summed E-state index contributed by atoms with van der Waals surface area (Å²) in [5.41, 5.74) is 1.62. The molecule has 0 unspecified atom stereocenters. The van der Waals surface area contributed by atoms with Crippen molar-refractivity contribution in [3.05, 3.63) is 58.1 Å². The summed E-state index contributed by atoms with van der Waals surface area (Å²) in [6.45, 7) is -0.0570. The van der Waals surface area contributed by atoms with E-state index in [1.807, 2.05) is 0 Å². The van der Waals surface area contributed by atoms with Gasteiger partial charge in [0, 0.05) is 50.4 Å². The Balaban J connectivity index is 2.18. The molecule has 2 rings (SSSR count). The number of nitrogens with zero attached hydrogens (tertiary/aromatic N) is 2. The molecule has 0 radical (unpaired) electrons. The highest BCUT2D eigenvalue weighted by Crippen LogP contribution is 2.25. The van der Waals surface area contributed by atoms with E-state index in [0.29, 0.717) is 17.1 Å². The second-order valence-corrected chi connectivity index (χ2v) is 5.87. The lowest BCUT2D eigenvalue weighted by molar-refractivity contribution is -0.384. The highest BCUT2D eigenvalue weighted by molar-refractivity contribution is 6.08. The van der Waals surface area contributed by atoms with E-state index in [1.54, 1.807) is 43.3 Å². The van der Waals surface area contributed by atoms with Gasteiger partial charge in [0.15, 0.2) is 0 Å². The van der Waals surface area contributed by atoms with Crippen LogP contribution in [0.1, 0.15) is 10.4 Å². The van der Waals surface area contributed by atoms with Crippen LogP contribution in [-0.2, 0) is 9.53 Å². The van der Waals surface area contributed by atoms with Crippen LogP contribution >= 0.6 is 0 Å². The molecular weight excluding hydrogens is 352 g/mol. The zero-order chi connectivity index (χ0) is 20.0. The average molecular weight is 372 g/mol. The van der Waals surface area contributed by atoms with Crippen LogP contribution in [0.3, 0.4) is 0 Å². The molecule has 0 fully saturated rings. The van der Waals surface area contributed by atoms with Crippen LogP contribution in [0.15, 0.2) is 42.5 Å². The summed E-state index contributed by atoms with van der Waals surface area (Å²) in [5.74, 6) is -0.764. The molecular formula is C18H20N4O5. The van der Waals surface area contributed by atoms with Crippen molar-refractivity contribution in [1.82, 2.24) is 0 Å². The van der Waals surface area contributed by atoms with E-state index < -0.39 is 10.8 Å². The maximum atomic E-state index is 12.6. The van der Waals surface area contributed by atoms with E-state index in [1.165, 1.54) is 25.3 Å². The van der Waals surface area contributed by atoms with Gasteiger partial charge in [0.1, 0.15) is 6.61 Å². The standard InChI is InChI=1S/C18H20N4O5/c1-21(2)16-9-8-14(22(25)26)10-15(16)18(24)20-13-6-4-12(5-7-13)19-17(23)11-27-3/h4-10H,11H2,1-3H3,(H,19,23)(H,20,24).